The smallest absolute Gasteiger partial charge is 0.226 e. The van der Waals surface area contributed by atoms with Crippen molar-refractivity contribution in [2.24, 2.45) is 5.92 Å². The Morgan fingerprint density at radius 1 is 1.24 bits per heavy atom. The van der Waals surface area contributed by atoms with Gasteiger partial charge < -0.3 is 9.64 Å². The predicted molar refractivity (Wildman–Crippen MR) is 71.3 cm³/mol. The summed E-state index contributed by atoms with van der Waals surface area (Å²) in [5, 5.41) is 0.995. The van der Waals surface area contributed by atoms with Gasteiger partial charge in [0.25, 0.3) is 0 Å². The van der Waals surface area contributed by atoms with Crippen LogP contribution in [-0.2, 0) is 9.53 Å². The van der Waals surface area contributed by atoms with Gasteiger partial charge in [0.1, 0.15) is 0 Å². The molecular formula is C13H22BrNO2. The van der Waals surface area contributed by atoms with Crippen molar-refractivity contribution in [2.75, 3.05) is 25.1 Å². The Labute approximate surface area is 112 Å². The maximum absolute atomic E-state index is 12.5. The predicted octanol–water partition coefficient (Wildman–Crippen LogP) is 2.58. The summed E-state index contributed by atoms with van der Waals surface area (Å²) in [7, 11) is 0. The Morgan fingerprint density at radius 3 is 2.71 bits per heavy atom. The van der Waals surface area contributed by atoms with Gasteiger partial charge >= 0.3 is 0 Å². The van der Waals surface area contributed by atoms with E-state index in [1.807, 2.05) is 0 Å². The van der Waals surface area contributed by atoms with Crippen molar-refractivity contribution in [2.45, 2.75) is 44.6 Å². The summed E-state index contributed by atoms with van der Waals surface area (Å²) in [6.45, 7) is 2.48. The van der Waals surface area contributed by atoms with E-state index < -0.39 is 0 Å². The van der Waals surface area contributed by atoms with E-state index in [0.29, 0.717) is 11.9 Å². The van der Waals surface area contributed by atoms with Crippen molar-refractivity contribution in [1.82, 2.24) is 4.90 Å². The van der Waals surface area contributed by atoms with E-state index in [2.05, 4.69) is 20.8 Å². The fraction of sp³-hybridized carbons (Fsp3) is 0.923. The number of nitrogens with zero attached hydrogens (tertiary/aromatic N) is 1. The first-order valence-electron chi connectivity index (χ1n) is 6.77. The molecule has 3 nitrogen and oxygen atoms in total. The highest BCUT2D eigenvalue weighted by molar-refractivity contribution is 9.09. The van der Waals surface area contributed by atoms with Crippen LogP contribution >= 0.6 is 15.9 Å². The Bertz CT molecular complexity index is 252. The minimum Gasteiger partial charge on any atom is -0.381 e. The number of alkyl halides is 1. The average Bonchev–Trinajstić information content (AvgIpc) is 2.40. The highest BCUT2D eigenvalue weighted by atomic mass is 79.9. The van der Waals surface area contributed by atoms with Crippen LogP contribution in [0.25, 0.3) is 0 Å². The maximum Gasteiger partial charge on any atom is 0.226 e. The minimum absolute atomic E-state index is 0.222. The summed E-state index contributed by atoms with van der Waals surface area (Å²) in [5.74, 6) is 0.610. The largest absolute Gasteiger partial charge is 0.381 e. The van der Waals surface area contributed by atoms with Crippen LogP contribution in [0.1, 0.15) is 38.5 Å². The fourth-order valence-corrected chi connectivity index (χ4v) is 3.42. The van der Waals surface area contributed by atoms with E-state index in [9.17, 15) is 4.79 Å². The zero-order valence-electron chi connectivity index (χ0n) is 10.4. The molecule has 4 heteroatoms. The molecular weight excluding hydrogens is 282 g/mol. The molecule has 2 aliphatic rings. The van der Waals surface area contributed by atoms with Gasteiger partial charge in [-0.25, -0.2) is 0 Å². The van der Waals surface area contributed by atoms with Gasteiger partial charge in [0, 0.05) is 37.0 Å². The summed E-state index contributed by atoms with van der Waals surface area (Å²) in [6.07, 6.45) is 6.55. The molecule has 0 saturated carbocycles. The molecule has 98 valence electrons. The quantitative estimate of drug-likeness (QED) is 0.750. The molecule has 2 saturated heterocycles. The average molecular weight is 304 g/mol. The van der Waals surface area contributed by atoms with Crippen LogP contribution in [0.2, 0.25) is 0 Å². The second-order valence-electron chi connectivity index (χ2n) is 5.05. The molecule has 1 unspecified atom stereocenters. The highest BCUT2D eigenvalue weighted by Gasteiger charge is 2.31. The van der Waals surface area contributed by atoms with Crippen LogP contribution in [0.5, 0.6) is 0 Å². The zero-order valence-corrected chi connectivity index (χ0v) is 12.0. The number of carbonyl (C=O) groups is 1. The van der Waals surface area contributed by atoms with Crippen LogP contribution in [0.3, 0.4) is 0 Å². The van der Waals surface area contributed by atoms with E-state index in [1.54, 1.807) is 0 Å². The molecule has 1 atom stereocenters. The summed E-state index contributed by atoms with van der Waals surface area (Å²) in [5.41, 5.74) is 0. The van der Waals surface area contributed by atoms with E-state index >= 15 is 0 Å². The molecule has 0 aliphatic carbocycles. The third kappa shape index (κ3) is 3.44. The van der Waals surface area contributed by atoms with Crippen molar-refractivity contribution in [3.8, 4) is 0 Å². The van der Waals surface area contributed by atoms with Gasteiger partial charge in [-0.3, -0.25) is 4.79 Å². The Morgan fingerprint density at radius 2 is 2.00 bits per heavy atom. The standard InChI is InChI=1S/C13H22BrNO2/c14-7-4-12-3-1-2-8-15(12)13(16)11-5-9-17-10-6-11/h11-12H,1-10H2. The van der Waals surface area contributed by atoms with Crippen LogP contribution in [0.4, 0.5) is 0 Å². The lowest BCUT2D eigenvalue weighted by Crippen LogP contribution is -2.47. The van der Waals surface area contributed by atoms with Crippen molar-refractivity contribution in [3.05, 3.63) is 0 Å². The van der Waals surface area contributed by atoms with Crippen LogP contribution in [-0.4, -0.2) is 41.9 Å². The highest BCUT2D eigenvalue weighted by Crippen LogP contribution is 2.25. The minimum atomic E-state index is 0.222. The van der Waals surface area contributed by atoms with Gasteiger partial charge in [-0.05, 0) is 38.5 Å². The van der Waals surface area contributed by atoms with Crippen LogP contribution < -0.4 is 0 Å². The second kappa shape index (κ2) is 6.74. The lowest BCUT2D eigenvalue weighted by Gasteiger charge is -2.38. The van der Waals surface area contributed by atoms with Crippen LogP contribution in [0.15, 0.2) is 0 Å². The number of hydrogen-bond donors (Lipinski definition) is 0. The first kappa shape index (κ1) is 13.3. The summed E-state index contributed by atoms with van der Waals surface area (Å²) < 4.78 is 5.33. The number of amides is 1. The van der Waals surface area contributed by atoms with E-state index in [0.717, 1.165) is 44.4 Å². The monoisotopic (exact) mass is 303 g/mol. The molecule has 0 bridgehead atoms. The molecule has 0 aromatic carbocycles. The molecule has 0 aromatic rings. The van der Waals surface area contributed by atoms with Crippen molar-refractivity contribution in [1.29, 1.82) is 0 Å². The van der Waals surface area contributed by atoms with Gasteiger partial charge in [0.05, 0.1) is 0 Å². The Hall–Kier alpha value is -0.0900. The molecule has 2 fully saturated rings. The Balaban J connectivity index is 1.94. The van der Waals surface area contributed by atoms with Crippen LogP contribution in [0, 0.1) is 5.92 Å². The van der Waals surface area contributed by atoms with E-state index in [4.69, 9.17) is 4.74 Å². The van der Waals surface area contributed by atoms with E-state index in [1.165, 1.54) is 19.3 Å². The molecule has 0 aromatic heterocycles. The lowest BCUT2D eigenvalue weighted by molar-refractivity contribution is -0.142. The van der Waals surface area contributed by atoms with E-state index in [-0.39, 0.29) is 5.92 Å². The first-order chi connectivity index (χ1) is 8.33. The maximum atomic E-state index is 12.5. The van der Waals surface area contributed by atoms with Gasteiger partial charge in [0.2, 0.25) is 5.91 Å². The van der Waals surface area contributed by atoms with Gasteiger partial charge in [-0.1, -0.05) is 15.9 Å². The topological polar surface area (TPSA) is 29.5 Å². The number of hydrogen-bond acceptors (Lipinski definition) is 2. The first-order valence-corrected chi connectivity index (χ1v) is 7.89. The molecule has 2 rings (SSSR count). The number of halogens is 1. The normalized spacial score (nSPS) is 27.1. The number of rotatable bonds is 3. The van der Waals surface area contributed by atoms with Gasteiger partial charge in [-0.2, -0.15) is 0 Å². The molecule has 2 aliphatic heterocycles. The molecule has 0 radical (unpaired) electrons. The van der Waals surface area contributed by atoms with Crippen molar-refractivity contribution < 1.29 is 9.53 Å². The molecule has 1 amide bonds. The number of ether oxygens (including phenoxy) is 1. The Kier molecular flexibility index (Phi) is 5.29. The third-order valence-electron chi connectivity index (χ3n) is 3.92. The molecule has 0 spiro atoms. The van der Waals surface area contributed by atoms with Gasteiger partial charge in [-0.15, -0.1) is 0 Å². The second-order valence-corrected chi connectivity index (χ2v) is 5.84. The SMILES string of the molecule is O=C(C1CCOCC1)N1CCCCC1CCBr. The summed E-state index contributed by atoms with van der Waals surface area (Å²) >= 11 is 3.50. The molecule has 17 heavy (non-hydrogen) atoms. The zero-order chi connectivity index (χ0) is 12.1. The summed E-state index contributed by atoms with van der Waals surface area (Å²) in [6, 6.07) is 0.471. The summed E-state index contributed by atoms with van der Waals surface area (Å²) in [4.78, 5) is 14.6. The number of carbonyl (C=O) groups excluding carboxylic acids is 1. The number of likely N-dealkylation sites (tertiary alicyclic amines) is 1. The number of piperidine rings is 1. The molecule has 2 heterocycles. The fourth-order valence-electron chi connectivity index (χ4n) is 2.90. The van der Waals surface area contributed by atoms with Gasteiger partial charge in [0.15, 0.2) is 0 Å². The molecule has 0 N–H and O–H groups in total. The lowest BCUT2D eigenvalue weighted by atomic mass is 9.94. The van der Waals surface area contributed by atoms with Crippen molar-refractivity contribution >= 4 is 21.8 Å². The van der Waals surface area contributed by atoms with Crippen molar-refractivity contribution in [3.63, 3.8) is 0 Å². The third-order valence-corrected chi connectivity index (χ3v) is 4.38.